The minimum Gasteiger partial charge on any atom is -0.494 e. The molecule has 0 spiro atoms. The fraction of sp³-hybridized carbons (Fsp3) is 0.500. The highest BCUT2D eigenvalue weighted by Gasteiger charge is 2.14. The third kappa shape index (κ3) is 3.48. The highest BCUT2D eigenvalue weighted by Crippen LogP contribution is 2.27. The van der Waals surface area contributed by atoms with Gasteiger partial charge in [-0.15, -0.1) is 0 Å². The largest absolute Gasteiger partial charge is 0.494 e. The van der Waals surface area contributed by atoms with Gasteiger partial charge in [0.05, 0.1) is 6.61 Å². The van der Waals surface area contributed by atoms with E-state index in [9.17, 15) is 0 Å². The molecule has 17 heavy (non-hydrogen) atoms. The summed E-state index contributed by atoms with van der Waals surface area (Å²) >= 11 is 0. The Morgan fingerprint density at radius 3 is 2.82 bits per heavy atom. The van der Waals surface area contributed by atoms with Crippen LogP contribution >= 0.6 is 0 Å². The van der Waals surface area contributed by atoms with E-state index in [-0.39, 0.29) is 5.84 Å². The maximum atomic E-state index is 7.37. The summed E-state index contributed by atoms with van der Waals surface area (Å²) in [6.45, 7) is 0.770. The maximum Gasteiger partial charge on any atom is 0.122 e. The first-order valence-electron chi connectivity index (χ1n) is 6.33. The monoisotopic (exact) mass is 232 g/mol. The third-order valence-electron chi connectivity index (χ3n) is 3.41. The van der Waals surface area contributed by atoms with Crippen LogP contribution in [0.5, 0.6) is 5.75 Å². The molecule has 0 amide bonds. The lowest BCUT2D eigenvalue weighted by Crippen LogP contribution is -2.11. The number of amidine groups is 1. The van der Waals surface area contributed by atoms with Crippen molar-refractivity contribution in [3.05, 3.63) is 29.8 Å². The van der Waals surface area contributed by atoms with E-state index in [2.05, 4.69) is 0 Å². The van der Waals surface area contributed by atoms with Gasteiger partial charge in [0.25, 0.3) is 0 Å². The molecule has 0 radical (unpaired) electrons. The average molecular weight is 232 g/mol. The number of hydrogen-bond acceptors (Lipinski definition) is 2. The number of nitrogens with one attached hydrogen (secondary N) is 1. The lowest BCUT2D eigenvalue weighted by atomic mass is 10.1. The van der Waals surface area contributed by atoms with Gasteiger partial charge in [-0.25, -0.2) is 0 Å². The predicted molar refractivity (Wildman–Crippen MR) is 69.5 cm³/mol. The standard InChI is InChI=1S/C14H20N2O/c15-14(16)12-6-3-7-13(10-12)17-9-8-11-4-1-2-5-11/h3,6-7,10-11H,1-2,4-5,8-9H2,(H3,15,16). The Morgan fingerprint density at radius 2 is 2.12 bits per heavy atom. The molecule has 0 saturated heterocycles. The summed E-state index contributed by atoms with van der Waals surface area (Å²) < 4.78 is 5.71. The van der Waals surface area contributed by atoms with Gasteiger partial charge in [0.15, 0.2) is 0 Å². The van der Waals surface area contributed by atoms with Gasteiger partial charge in [-0.1, -0.05) is 37.8 Å². The zero-order valence-electron chi connectivity index (χ0n) is 10.1. The molecule has 1 aromatic carbocycles. The van der Waals surface area contributed by atoms with Gasteiger partial charge in [-0.3, -0.25) is 5.41 Å². The quantitative estimate of drug-likeness (QED) is 0.605. The van der Waals surface area contributed by atoms with Crippen LogP contribution in [0, 0.1) is 11.3 Å². The van der Waals surface area contributed by atoms with E-state index >= 15 is 0 Å². The Bertz CT molecular complexity index is 384. The molecule has 0 heterocycles. The normalized spacial score (nSPS) is 16.0. The second-order valence-corrected chi connectivity index (χ2v) is 4.73. The van der Waals surface area contributed by atoms with E-state index in [1.807, 2.05) is 24.3 Å². The fourth-order valence-corrected chi connectivity index (χ4v) is 2.40. The van der Waals surface area contributed by atoms with Gasteiger partial charge < -0.3 is 10.5 Å². The smallest absolute Gasteiger partial charge is 0.122 e. The molecule has 3 heteroatoms. The predicted octanol–water partition coefficient (Wildman–Crippen LogP) is 2.93. The molecular weight excluding hydrogens is 212 g/mol. The van der Waals surface area contributed by atoms with Crippen LogP contribution in [0.2, 0.25) is 0 Å². The van der Waals surface area contributed by atoms with Crippen molar-refractivity contribution in [3.8, 4) is 5.75 Å². The van der Waals surface area contributed by atoms with Crippen molar-refractivity contribution in [2.24, 2.45) is 11.7 Å². The second-order valence-electron chi connectivity index (χ2n) is 4.73. The molecular formula is C14H20N2O. The summed E-state index contributed by atoms with van der Waals surface area (Å²) in [6, 6.07) is 7.45. The van der Waals surface area contributed by atoms with Crippen LogP contribution in [0.4, 0.5) is 0 Å². The molecule has 3 N–H and O–H groups in total. The number of nitrogen functional groups attached to an aromatic ring is 1. The summed E-state index contributed by atoms with van der Waals surface area (Å²) in [7, 11) is 0. The first kappa shape index (κ1) is 12.0. The van der Waals surface area contributed by atoms with E-state index in [1.54, 1.807) is 0 Å². The summed E-state index contributed by atoms with van der Waals surface area (Å²) in [4.78, 5) is 0. The molecule has 2 rings (SSSR count). The number of ether oxygens (including phenoxy) is 1. The molecule has 0 atom stereocenters. The van der Waals surface area contributed by atoms with E-state index in [0.29, 0.717) is 0 Å². The number of rotatable bonds is 5. The van der Waals surface area contributed by atoms with Gasteiger partial charge in [0, 0.05) is 5.56 Å². The van der Waals surface area contributed by atoms with Crippen molar-refractivity contribution in [1.82, 2.24) is 0 Å². The highest BCUT2D eigenvalue weighted by molar-refractivity contribution is 5.95. The summed E-state index contributed by atoms with van der Waals surface area (Å²) in [5.74, 6) is 1.76. The first-order chi connectivity index (χ1) is 8.25. The molecule has 0 unspecified atom stereocenters. The van der Waals surface area contributed by atoms with Crippen LogP contribution < -0.4 is 10.5 Å². The van der Waals surface area contributed by atoms with Crippen LogP contribution in [0.3, 0.4) is 0 Å². The Kier molecular flexibility index (Phi) is 4.02. The molecule has 1 aromatic rings. The lowest BCUT2D eigenvalue weighted by Gasteiger charge is -2.11. The van der Waals surface area contributed by atoms with Crippen LogP contribution in [-0.4, -0.2) is 12.4 Å². The Balaban J connectivity index is 1.81. The maximum absolute atomic E-state index is 7.37. The van der Waals surface area contributed by atoms with Crippen molar-refractivity contribution in [3.63, 3.8) is 0 Å². The second kappa shape index (κ2) is 5.71. The SMILES string of the molecule is N=C(N)c1cccc(OCCC2CCCC2)c1. The summed E-state index contributed by atoms with van der Waals surface area (Å²) in [5, 5.41) is 7.37. The van der Waals surface area contributed by atoms with Crippen molar-refractivity contribution in [1.29, 1.82) is 5.41 Å². The summed E-state index contributed by atoms with van der Waals surface area (Å²) in [6.07, 6.45) is 6.62. The molecule has 0 bridgehead atoms. The van der Waals surface area contributed by atoms with E-state index in [1.165, 1.54) is 25.7 Å². The van der Waals surface area contributed by atoms with Crippen LogP contribution in [-0.2, 0) is 0 Å². The minimum absolute atomic E-state index is 0.0891. The first-order valence-corrected chi connectivity index (χ1v) is 6.33. The molecule has 3 nitrogen and oxygen atoms in total. The van der Waals surface area contributed by atoms with Gasteiger partial charge >= 0.3 is 0 Å². The fourth-order valence-electron chi connectivity index (χ4n) is 2.40. The van der Waals surface area contributed by atoms with E-state index < -0.39 is 0 Å². The van der Waals surface area contributed by atoms with E-state index in [4.69, 9.17) is 15.9 Å². The Labute approximate surface area is 102 Å². The van der Waals surface area contributed by atoms with Crippen LogP contribution in [0.25, 0.3) is 0 Å². The van der Waals surface area contributed by atoms with Gasteiger partial charge in [0.2, 0.25) is 0 Å². The molecule has 1 fully saturated rings. The van der Waals surface area contributed by atoms with Crippen molar-refractivity contribution in [2.75, 3.05) is 6.61 Å². The molecule has 92 valence electrons. The number of nitrogens with two attached hydrogens (primary N) is 1. The zero-order valence-corrected chi connectivity index (χ0v) is 10.1. The van der Waals surface area contributed by atoms with Crippen molar-refractivity contribution >= 4 is 5.84 Å². The molecule has 0 aliphatic heterocycles. The zero-order chi connectivity index (χ0) is 12.1. The number of hydrogen-bond donors (Lipinski definition) is 2. The van der Waals surface area contributed by atoms with Crippen LogP contribution in [0.15, 0.2) is 24.3 Å². The molecule has 0 aromatic heterocycles. The minimum atomic E-state index is 0.0891. The molecule has 1 aliphatic rings. The highest BCUT2D eigenvalue weighted by atomic mass is 16.5. The Morgan fingerprint density at radius 1 is 1.35 bits per heavy atom. The van der Waals surface area contributed by atoms with Gasteiger partial charge in [-0.2, -0.15) is 0 Å². The van der Waals surface area contributed by atoms with Crippen LogP contribution in [0.1, 0.15) is 37.7 Å². The van der Waals surface area contributed by atoms with Crippen molar-refractivity contribution in [2.45, 2.75) is 32.1 Å². The molecule has 1 aliphatic carbocycles. The Hall–Kier alpha value is -1.51. The average Bonchev–Trinajstić information content (AvgIpc) is 2.82. The van der Waals surface area contributed by atoms with Gasteiger partial charge in [0.1, 0.15) is 11.6 Å². The molecule has 1 saturated carbocycles. The topological polar surface area (TPSA) is 59.1 Å². The lowest BCUT2D eigenvalue weighted by molar-refractivity contribution is 0.279. The van der Waals surface area contributed by atoms with Gasteiger partial charge in [-0.05, 0) is 24.5 Å². The summed E-state index contributed by atoms with van der Waals surface area (Å²) in [5.41, 5.74) is 6.16. The number of benzene rings is 1. The van der Waals surface area contributed by atoms with E-state index in [0.717, 1.165) is 30.3 Å². The van der Waals surface area contributed by atoms with Crippen molar-refractivity contribution < 1.29 is 4.74 Å². The third-order valence-corrected chi connectivity index (χ3v) is 3.41.